The van der Waals surface area contributed by atoms with Gasteiger partial charge >= 0.3 is 0 Å². The topological polar surface area (TPSA) is 45.6 Å². The number of halogens is 1. The lowest BCUT2D eigenvalue weighted by atomic mass is 10.2. The van der Waals surface area contributed by atoms with E-state index in [4.69, 9.17) is 11.6 Å². The summed E-state index contributed by atoms with van der Waals surface area (Å²) in [4.78, 5) is 8.05. The van der Waals surface area contributed by atoms with E-state index in [1.54, 1.807) is 0 Å². The van der Waals surface area contributed by atoms with E-state index in [1.807, 2.05) is 36.4 Å². The van der Waals surface area contributed by atoms with E-state index in [0.717, 1.165) is 53.5 Å². The number of hydrogen-bond donors (Lipinski definition) is 2. The summed E-state index contributed by atoms with van der Waals surface area (Å²) in [5.74, 6) is 1.02. The number of benzene rings is 3. The number of aromatic nitrogens is 3. The van der Waals surface area contributed by atoms with Gasteiger partial charge in [-0.05, 0) is 35.4 Å². The molecule has 5 heteroatoms. The van der Waals surface area contributed by atoms with Gasteiger partial charge in [0.15, 0.2) is 0 Å². The van der Waals surface area contributed by atoms with E-state index >= 15 is 0 Å². The average molecular weight is 415 g/mol. The SMILES string of the molecule is Clc1ccccc1Cn1cc(CNCCc2nc3ccccc3[nH]2)c2ccccc21. The van der Waals surface area contributed by atoms with E-state index in [-0.39, 0.29) is 0 Å². The molecule has 4 nitrogen and oxygen atoms in total. The molecule has 3 aromatic carbocycles. The van der Waals surface area contributed by atoms with E-state index in [9.17, 15) is 0 Å². The summed E-state index contributed by atoms with van der Waals surface area (Å²) < 4.78 is 2.28. The Morgan fingerprint density at radius 1 is 0.900 bits per heavy atom. The molecule has 5 rings (SSSR count). The number of nitrogens with zero attached hydrogens (tertiary/aromatic N) is 2. The van der Waals surface area contributed by atoms with Gasteiger partial charge in [0.1, 0.15) is 5.82 Å². The Labute approximate surface area is 180 Å². The molecule has 0 spiro atoms. The summed E-state index contributed by atoms with van der Waals surface area (Å²) in [6.07, 6.45) is 3.11. The predicted octanol–water partition coefficient (Wildman–Crippen LogP) is 5.55. The number of nitrogens with one attached hydrogen (secondary N) is 2. The van der Waals surface area contributed by atoms with Crippen LogP contribution in [-0.4, -0.2) is 21.1 Å². The molecule has 0 aliphatic heterocycles. The second-order valence-electron chi connectivity index (χ2n) is 7.52. The van der Waals surface area contributed by atoms with Crippen molar-refractivity contribution in [2.45, 2.75) is 19.5 Å². The smallest absolute Gasteiger partial charge is 0.108 e. The minimum absolute atomic E-state index is 0.763. The molecule has 2 N–H and O–H groups in total. The van der Waals surface area contributed by atoms with Crippen LogP contribution in [0, 0.1) is 0 Å². The van der Waals surface area contributed by atoms with Crippen molar-refractivity contribution >= 4 is 33.5 Å². The zero-order chi connectivity index (χ0) is 20.3. The third-order valence-electron chi connectivity index (χ3n) is 5.46. The fraction of sp³-hybridized carbons (Fsp3) is 0.160. The zero-order valence-electron chi connectivity index (χ0n) is 16.6. The van der Waals surface area contributed by atoms with Crippen molar-refractivity contribution in [1.29, 1.82) is 0 Å². The van der Waals surface area contributed by atoms with Crippen LogP contribution in [0.1, 0.15) is 17.0 Å². The number of para-hydroxylation sites is 3. The fourth-order valence-electron chi connectivity index (χ4n) is 3.96. The summed E-state index contributed by atoms with van der Waals surface area (Å²) in [6, 6.07) is 24.7. The molecule has 0 fully saturated rings. The second kappa shape index (κ2) is 8.34. The first kappa shape index (κ1) is 18.9. The molecule has 0 saturated heterocycles. The van der Waals surface area contributed by atoms with Crippen LogP contribution in [0.2, 0.25) is 5.02 Å². The van der Waals surface area contributed by atoms with Crippen molar-refractivity contribution < 1.29 is 0 Å². The van der Waals surface area contributed by atoms with Crippen molar-refractivity contribution in [3.63, 3.8) is 0 Å². The highest BCUT2D eigenvalue weighted by atomic mass is 35.5. The van der Waals surface area contributed by atoms with Crippen LogP contribution in [-0.2, 0) is 19.5 Å². The molecular formula is C25H23ClN4. The molecule has 0 amide bonds. The Hall–Kier alpha value is -3.08. The van der Waals surface area contributed by atoms with Gasteiger partial charge < -0.3 is 14.9 Å². The molecule has 0 radical (unpaired) electrons. The fourth-order valence-corrected chi connectivity index (χ4v) is 4.15. The van der Waals surface area contributed by atoms with E-state index in [2.05, 4.69) is 62.4 Å². The van der Waals surface area contributed by atoms with Gasteiger partial charge in [0.2, 0.25) is 0 Å². The van der Waals surface area contributed by atoms with Gasteiger partial charge in [-0.2, -0.15) is 0 Å². The van der Waals surface area contributed by atoms with E-state index in [0.29, 0.717) is 0 Å². The van der Waals surface area contributed by atoms with E-state index in [1.165, 1.54) is 16.5 Å². The van der Waals surface area contributed by atoms with Crippen molar-refractivity contribution in [2.75, 3.05) is 6.54 Å². The Morgan fingerprint density at radius 2 is 1.70 bits per heavy atom. The van der Waals surface area contributed by atoms with Crippen LogP contribution in [0.5, 0.6) is 0 Å². The number of H-pyrrole nitrogens is 1. The molecule has 0 saturated carbocycles. The highest BCUT2D eigenvalue weighted by molar-refractivity contribution is 6.31. The zero-order valence-corrected chi connectivity index (χ0v) is 17.4. The number of aromatic amines is 1. The van der Waals surface area contributed by atoms with Crippen LogP contribution in [0.25, 0.3) is 21.9 Å². The summed E-state index contributed by atoms with van der Waals surface area (Å²) in [5.41, 5.74) is 5.77. The third kappa shape index (κ3) is 3.84. The van der Waals surface area contributed by atoms with Gasteiger partial charge in [0, 0.05) is 48.2 Å². The molecule has 0 bridgehead atoms. The standard InChI is InChI=1S/C25H23ClN4/c26-21-9-3-1-7-18(21)16-30-17-19(20-8-2-6-12-24(20)30)15-27-14-13-25-28-22-10-4-5-11-23(22)29-25/h1-12,17,27H,13-16H2,(H,28,29). The summed E-state index contributed by atoms with van der Waals surface area (Å²) >= 11 is 6.39. The molecule has 0 unspecified atom stereocenters. The highest BCUT2D eigenvalue weighted by Crippen LogP contribution is 2.24. The maximum absolute atomic E-state index is 6.39. The Kier molecular flexibility index (Phi) is 5.26. The van der Waals surface area contributed by atoms with Crippen LogP contribution >= 0.6 is 11.6 Å². The molecular weight excluding hydrogens is 392 g/mol. The Balaban J connectivity index is 1.29. The van der Waals surface area contributed by atoms with Gasteiger partial charge in [-0.15, -0.1) is 0 Å². The van der Waals surface area contributed by atoms with Crippen molar-refractivity contribution in [3.8, 4) is 0 Å². The third-order valence-corrected chi connectivity index (χ3v) is 5.83. The monoisotopic (exact) mass is 414 g/mol. The van der Waals surface area contributed by atoms with Crippen molar-refractivity contribution in [3.05, 3.63) is 101 Å². The van der Waals surface area contributed by atoms with Crippen molar-refractivity contribution in [1.82, 2.24) is 19.9 Å². The lowest BCUT2D eigenvalue weighted by Crippen LogP contribution is -2.17. The highest BCUT2D eigenvalue weighted by Gasteiger charge is 2.10. The number of rotatable bonds is 7. The van der Waals surface area contributed by atoms with E-state index < -0.39 is 0 Å². The number of imidazole rings is 1. The van der Waals surface area contributed by atoms with Gasteiger partial charge in [0.25, 0.3) is 0 Å². The quantitative estimate of drug-likeness (QED) is 0.343. The minimum atomic E-state index is 0.763. The maximum atomic E-state index is 6.39. The number of hydrogen-bond acceptors (Lipinski definition) is 2. The first-order valence-corrected chi connectivity index (χ1v) is 10.6. The largest absolute Gasteiger partial charge is 0.343 e. The Morgan fingerprint density at radius 3 is 2.60 bits per heavy atom. The van der Waals surface area contributed by atoms with Crippen molar-refractivity contribution in [2.24, 2.45) is 0 Å². The van der Waals surface area contributed by atoms with Gasteiger partial charge in [0.05, 0.1) is 11.0 Å². The molecule has 0 aliphatic carbocycles. The molecule has 150 valence electrons. The van der Waals surface area contributed by atoms with Crippen LogP contribution in [0.15, 0.2) is 79.0 Å². The van der Waals surface area contributed by atoms with Gasteiger partial charge in [-0.3, -0.25) is 0 Å². The molecule has 2 heterocycles. The first-order chi connectivity index (χ1) is 14.8. The summed E-state index contributed by atoms with van der Waals surface area (Å²) in [6.45, 7) is 2.44. The van der Waals surface area contributed by atoms with Gasteiger partial charge in [-0.25, -0.2) is 4.98 Å². The molecule has 30 heavy (non-hydrogen) atoms. The molecule has 0 aliphatic rings. The molecule has 0 atom stereocenters. The lowest BCUT2D eigenvalue weighted by Gasteiger charge is -2.07. The van der Waals surface area contributed by atoms with Crippen LogP contribution < -0.4 is 5.32 Å². The van der Waals surface area contributed by atoms with Crippen LogP contribution in [0.4, 0.5) is 0 Å². The van der Waals surface area contributed by atoms with Gasteiger partial charge in [-0.1, -0.05) is 60.1 Å². The summed E-state index contributed by atoms with van der Waals surface area (Å²) in [5, 5.41) is 5.66. The average Bonchev–Trinajstić information content (AvgIpc) is 3.34. The normalized spacial score (nSPS) is 11.5. The first-order valence-electron chi connectivity index (χ1n) is 10.2. The number of fused-ring (bicyclic) bond motifs is 2. The minimum Gasteiger partial charge on any atom is -0.343 e. The molecule has 2 aromatic heterocycles. The Bertz CT molecular complexity index is 1270. The maximum Gasteiger partial charge on any atom is 0.108 e. The second-order valence-corrected chi connectivity index (χ2v) is 7.93. The lowest BCUT2D eigenvalue weighted by molar-refractivity contribution is 0.674. The van der Waals surface area contributed by atoms with Crippen LogP contribution in [0.3, 0.4) is 0 Å². The predicted molar refractivity (Wildman–Crippen MR) is 124 cm³/mol. The molecule has 5 aromatic rings. The summed E-state index contributed by atoms with van der Waals surface area (Å²) in [7, 11) is 0.